The number of hydrogen-bond acceptors (Lipinski definition) is 2. The lowest BCUT2D eigenvalue weighted by Crippen LogP contribution is -2.31. The number of hydrogen-bond donors (Lipinski definition) is 0. The number of ether oxygens (including phenoxy) is 2. The highest BCUT2D eigenvalue weighted by Gasteiger charge is 2.24. The average molecular weight is 422 g/mol. The van der Waals surface area contributed by atoms with E-state index < -0.39 is 29.7 Å². The zero-order chi connectivity index (χ0) is 21.7. The Labute approximate surface area is 171 Å². The molecule has 30 heavy (non-hydrogen) atoms. The zero-order valence-corrected chi connectivity index (χ0v) is 16.2. The molecule has 0 bridgehead atoms. The third-order valence-corrected chi connectivity index (χ3v) is 4.62. The second kappa shape index (κ2) is 9.47. The Morgan fingerprint density at radius 1 is 1.07 bits per heavy atom. The summed E-state index contributed by atoms with van der Waals surface area (Å²) < 4.78 is 76.4. The van der Waals surface area contributed by atoms with Crippen LogP contribution in [0.4, 0.5) is 22.0 Å². The van der Waals surface area contributed by atoms with Crippen LogP contribution in [-0.2, 0) is 9.47 Å². The highest BCUT2D eigenvalue weighted by atomic mass is 19.4. The second-order valence-corrected chi connectivity index (χ2v) is 7.01. The predicted molar refractivity (Wildman–Crippen MR) is 102 cm³/mol. The molecule has 1 saturated heterocycles. The fraction of sp³-hybridized carbons (Fsp3) is 0.391. The Hall–Kier alpha value is -2.61. The van der Waals surface area contributed by atoms with Crippen LogP contribution in [0.1, 0.15) is 37.3 Å². The summed E-state index contributed by atoms with van der Waals surface area (Å²) in [5, 5.41) is 0.122. The molecule has 158 valence electrons. The minimum Gasteiger partial charge on any atom is -0.342 e. The SMILES string of the molecule is CCCCC1COC(C#Cc2ccc3c(F)c(C#CC(F)(F)F)c(F)cc3c2)OC1. The number of benzene rings is 2. The minimum atomic E-state index is -4.84. The Balaban J connectivity index is 1.77. The highest BCUT2D eigenvalue weighted by molar-refractivity contribution is 5.86. The second-order valence-electron chi connectivity index (χ2n) is 7.01. The van der Waals surface area contributed by atoms with E-state index in [0.29, 0.717) is 24.7 Å². The maximum atomic E-state index is 14.5. The topological polar surface area (TPSA) is 18.5 Å². The molecule has 2 nitrogen and oxygen atoms in total. The summed E-state index contributed by atoms with van der Waals surface area (Å²) in [4.78, 5) is 0. The van der Waals surface area contributed by atoms with Gasteiger partial charge in [0.2, 0.25) is 6.29 Å². The van der Waals surface area contributed by atoms with Crippen molar-refractivity contribution in [2.75, 3.05) is 13.2 Å². The summed E-state index contributed by atoms with van der Waals surface area (Å²) in [6.07, 6.45) is -2.26. The molecular weight excluding hydrogens is 403 g/mol. The van der Waals surface area contributed by atoms with Crippen LogP contribution in [0.3, 0.4) is 0 Å². The van der Waals surface area contributed by atoms with Gasteiger partial charge in [-0.05, 0) is 35.9 Å². The van der Waals surface area contributed by atoms with Crippen LogP contribution in [-0.4, -0.2) is 25.7 Å². The van der Waals surface area contributed by atoms with Crippen LogP contribution in [0, 0.1) is 41.2 Å². The van der Waals surface area contributed by atoms with Gasteiger partial charge in [0.25, 0.3) is 0 Å². The minimum absolute atomic E-state index is 0.0441. The summed E-state index contributed by atoms with van der Waals surface area (Å²) in [6, 6.07) is 5.21. The number of rotatable bonds is 3. The summed E-state index contributed by atoms with van der Waals surface area (Å²) >= 11 is 0. The van der Waals surface area contributed by atoms with Gasteiger partial charge < -0.3 is 9.47 Å². The average Bonchev–Trinajstić information content (AvgIpc) is 2.70. The molecule has 0 aliphatic carbocycles. The first-order valence-corrected chi connectivity index (χ1v) is 9.53. The molecule has 3 rings (SSSR count). The van der Waals surface area contributed by atoms with E-state index in [1.165, 1.54) is 24.1 Å². The maximum absolute atomic E-state index is 14.5. The normalized spacial score (nSPS) is 19.0. The fourth-order valence-corrected chi connectivity index (χ4v) is 3.08. The number of fused-ring (bicyclic) bond motifs is 1. The molecule has 0 aromatic heterocycles. The lowest BCUT2D eigenvalue weighted by molar-refractivity contribution is -0.170. The van der Waals surface area contributed by atoms with Gasteiger partial charge in [-0.2, -0.15) is 13.2 Å². The summed E-state index contributed by atoms with van der Waals surface area (Å²) in [5.74, 6) is 6.12. The van der Waals surface area contributed by atoms with Crippen molar-refractivity contribution in [3.05, 3.63) is 47.0 Å². The van der Waals surface area contributed by atoms with Crippen LogP contribution >= 0.6 is 0 Å². The van der Waals surface area contributed by atoms with E-state index in [4.69, 9.17) is 9.47 Å². The molecule has 2 aromatic carbocycles. The van der Waals surface area contributed by atoms with Gasteiger partial charge in [-0.15, -0.1) is 0 Å². The number of alkyl halides is 3. The Bertz CT molecular complexity index is 1030. The molecule has 1 aliphatic rings. The quantitative estimate of drug-likeness (QED) is 0.476. The standard InChI is InChI=1S/C23H19F5O2/c1-2-3-4-16-13-29-21(30-14-16)8-6-15-5-7-18-17(11-15)12-20(24)19(22(18)25)9-10-23(26,27)28/h5,7,11-12,16,21H,2-4,13-14H2,1H3. The van der Waals surface area contributed by atoms with Crippen LogP contribution in [0.5, 0.6) is 0 Å². The van der Waals surface area contributed by atoms with Gasteiger partial charge in [-0.25, -0.2) is 8.78 Å². The molecule has 1 fully saturated rings. The Morgan fingerprint density at radius 2 is 1.80 bits per heavy atom. The molecule has 0 amide bonds. The van der Waals surface area contributed by atoms with E-state index in [1.807, 2.05) is 0 Å². The van der Waals surface area contributed by atoms with Crippen LogP contribution < -0.4 is 0 Å². The van der Waals surface area contributed by atoms with Crippen molar-refractivity contribution in [2.45, 2.75) is 38.7 Å². The molecule has 0 saturated carbocycles. The highest BCUT2D eigenvalue weighted by Crippen LogP contribution is 2.25. The van der Waals surface area contributed by atoms with Gasteiger partial charge in [0, 0.05) is 22.8 Å². The predicted octanol–water partition coefficient (Wildman–Crippen LogP) is 5.56. The van der Waals surface area contributed by atoms with Crippen molar-refractivity contribution in [3.8, 4) is 23.7 Å². The van der Waals surface area contributed by atoms with Crippen LogP contribution in [0.15, 0.2) is 24.3 Å². The molecule has 1 aliphatic heterocycles. The van der Waals surface area contributed by atoms with Gasteiger partial charge >= 0.3 is 6.18 Å². The molecule has 0 spiro atoms. The van der Waals surface area contributed by atoms with Crippen molar-refractivity contribution in [3.63, 3.8) is 0 Å². The van der Waals surface area contributed by atoms with Crippen molar-refractivity contribution in [2.24, 2.45) is 5.92 Å². The van der Waals surface area contributed by atoms with Crippen LogP contribution in [0.25, 0.3) is 10.8 Å². The Kier molecular flexibility index (Phi) is 6.97. The van der Waals surface area contributed by atoms with Gasteiger partial charge in [-0.1, -0.05) is 37.7 Å². The number of unbranched alkanes of at least 4 members (excludes halogenated alkanes) is 1. The van der Waals surface area contributed by atoms with E-state index in [9.17, 15) is 22.0 Å². The lowest BCUT2D eigenvalue weighted by atomic mass is 10.0. The van der Waals surface area contributed by atoms with Gasteiger partial charge in [0.05, 0.1) is 18.8 Å². The molecule has 1 heterocycles. The molecule has 0 radical (unpaired) electrons. The van der Waals surface area contributed by atoms with E-state index in [1.54, 1.807) is 0 Å². The van der Waals surface area contributed by atoms with E-state index in [2.05, 4.69) is 18.8 Å². The van der Waals surface area contributed by atoms with Gasteiger partial charge in [0.1, 0.15) is 11.6 Å². The third kappa shape index (κ3) is 5.72. The molecule has 2 aromatic rings. The summed E-state index contributed by atoms with van der Waals surface area (Å²) in [6.45, 7) is 3.25. The first-order valence-electron chi connectivity index (χ1n) is 9.53. The zero-order valence-electron chi connectivity index (χ0n) is 16.2. The smallest absolute Gasteiger partial charge is 0.342 e. The van der Waals surface area contributed by atoms with Crippen LogP contribution in [0.2, 0.25) is 0 Å². The molecule has 0 N–H and O–H groups in total. The van der Waals surface area contributed by atoms with E-state index in [0.717, 1.165) is 31.2 Å². The summed E-state index contributed by atoms with van der Waals surface area (Å²) in [7, 11) is 0. The van der Waals surface area contributed by atoms with Gasteiger partial charge in [0.15, 0.2) is 0 Å². The number of halogens is 5. The first-order chi connectivity index (χ1) is 14.3. The summed E-state index contributed by atoms with van der Waals surface area (Å²) in [5.41, 5.74) is -0.448. The molecule has 0 atom stereocenters. The maximum Gasteiger partial charge on any atom is 0.458 e. The Morgan fingerprint density at radius 3 is 2.47 bits per heavy atom. The monoisotopic (exact) mass is 422 g/mol. The largest absolute Gasteiger partial charge is 0.458 e. The third-order valence-electron chi connectivity index (χ3n) is 4.62. The van der Waals surface area contributed by atoms with Gasteiger partial charge in [-0.3, -0.25) is 0 Å². The fourth-order valence-electron chi connectivity index (χ4n) is 3.08. The van der Waals surface area contributed by atoms with Crippen molar-refractivity contribution < 1.29 is 31.4 Å². The lowest BCUT2D eigenvalue weighted by Gasteiger charge is -2.26. The molecular formula is C23H19F5O2. The molecule has 0 unspecified atom stereocenters. The van der Waals surface area contributed by atoms with Crippen molar-refractivity contribution >= 4 is 10.8 Å². The van der Waals surface area contributed by atoms with Crippen molar-refractivity contribution in [1.82, 2.24) is 0 Å². The molecule has 7 heteroatoms. The van der Waals surface area contributed by atoms with E-state index >= 15 is 0 Å². The van der Waals surface area contributed by atoms with Crippen molar-refractivity contribution in [1.29, 1.82) is 0 Å². The first kappa shape index (κ1) is 22.1. The van der Waals surface area contributed by atoms with E-state index in [-0.39, 0.29) is 10.8 Å².